The van der Waals surface area contributed by atoms with Crippen LogP contribution in [0, 0.1) is 11.3 Å². The molecule has 0 radical (unpaired) electrons. The Hall–Kier alpha value is -0.850. The summed E-state index contributed by atoms with van der Waals surface area (Å²) in [6, 6.07) is 6.73. The van der Waals surface area contributed by atoms with Gasteiger partial charge in [0.2, 0.25) is 0 Å². The van der Waals surface area contributed by atoms with Gasteiger partial charge in [0.25, 0.3) is 0 Å². The Kier molecular flexibility index (Phi) is 6.19. The van der Waals surface area contributed by atoms with Crippen molar-refractivity contribution in [2.45, 2.75) is 70.8 Å². The average molecular weight is 409 g/mol. The van der Waals surface area contributed by atoms with Crippen molar-refractivity contribution < 1.29 is 14.6 Å². The summed E-state index contributed by atoms with van der Waals surface area (Å²) in [5.74, 6) is 1.27. The molecule has 1 saturated heterocycles. The molecular weight excluding hydrogens is 376 g/mol. The lowest BCUT2D eigenvalue weighted by atomic mass is 9.73. The van der Waals surface area contributed by atoms with E-state index in [4.69, 9.17) is 21.1 Å². The van der Waals surface area contributed by atoms with Crippen molar-refractivity contribution in [1.29, 1.82) is 0 Å². The van der Waals surface area contributed by atoms with Crippen molar-refractivity contribution in [2.24, 2.45) is 11.3 Å². The highest BCUT2D eigenvalue weighted by atomic mass is 35.5. The molecule has 2 fully saturated rings. The highest BCUT2D eigenvalue weighted by Crippen LogP contribution is 2.49. The van der Waals surface area contributed by atoms with E-state index in [1.807, 2.05) is 18.2 Å². The fraction of sp³-hybridized carbons (Fsp3) is 0.727. The van der Waals surface area contributed by atoms with Crippen LogP contribution in [-0.2, 0) is 11.3 Å². The lowest BCUT2D eigenvalue weighted by Crippen LogP contribution is -2.52. The Bertz CT molecular complexity index is 680. The molecule has 6 heteroatoms. The van der Waals surface area contributed by atoms with Gasteiger partial charge in [0, 0.05) is 47.8 Å². The van der Waals surface area contributed by atoms with Gasteiger partial charge >= 0.3 is 0 Å². The van der Waals surface area contributed by atoms with Crippen molar-refractivity contribution in [2.75, 3.05) is 19.9 Å². The molecule has 0 bridgehead atoms. The maximum atomic E-state index is 11.5. The third-order valence-corrected chi connectivity index (χ3v) is 7.30. The van der Waals surface area contributed by atoms with Crippen LogP contribution in [0.4, 0.5) is 0 Å². The number of rotatable bonds is 5. The first-order valence-corrected chi connectivity index (χ1v) is 11.0. The van der Waals surface area contributed by atoms with E-state index in [-0.39, 0.29) is 5.41 Å². The molecule has 3 atom stereocenters. The van der Waals surface area contributed by atoms with Crippen LogP contribution in [0.25, 0.3) is 0 Å². The third kappa shape index (κ3) is 4.05. The van der Waals surface area contributed by atoms with Crippen LogP contribution in [0.2, 0.25) is 5.02 Å². The Morgan fingerprint density at radius 1 is 1.21 bits per heavy atom. The summed E-state index contributed by atoms with van der Waals surface area (Å²) in [5.41, 5.74) is 0.925. The first-order chi connectivity index (χ1) is 13.5. The summed E-state index contributed by atoms with van der Waals surface area (Å²) >= 11 is 6.17. The minimum Gasteiger partial charge on any atom is -0.478 e. The number of hydrogen-bond donors (Lipinski definition) is 2. The first-order valence-electron chi connectivity index (χ1n) is 10.6. The topological polar surface area (TPSA) is 54.0 Å². The molecule has 2 N–H and O–H groups in total. The Balaban J connectivity index is 1.45. The Morgan fingerprint density at radius 3 is 2.75 bits per heavy atom. The Morgan fingerprint density at radius 2 is 2.00 bits per heavy atom. The zero-order valence-corrected chi connectivity index (χ0v) is 17.8. The van der Waals surface area contributed by atoms with E-state index in [0.29, 0.717) is 36.3 Å². The lowest BCUT2D eigenvalue weighted by Gasteiger charge is -2.45. The van der Waals surface area contributed by atoms with E-state index < -0.39 is 6.23 Å². The highest BCUT2D eigenvalue weighted by Gasteiger charge is 2.49. The first kappa shape index (κ1) is 20.4. The minimum absolute atomic E-state index is 0.123. The van der Waals surface area contributed by atoms with Crippen molar-refractivity contribution in [3.8, 4) is 5.75 Å². The molecule has 4 rings (SSSR count). The van der Waals surface area contributed by atoms with Crippen molar-refractivity contribution in [3.05, 3.63) is 28.8 Å². The minimum atomic E-state index is -0.527. The van der Waals surface area contributed by atoms with E-state index in [1.54, 1.807) is 0 Å². The smallest absolute Gasteiger partial charge is 0.144 e. The molecular formula is C22H33ClN2O3. The van der Waals surface area contributed by atoms with Gasteiger partial charge in [-0.15, -0.1) is 0 Å². The maximum absolute atomic E-state index is 11.5. The number of nitrogens with zero attached hydrogens (tertiary/aromatic N) is 1. The fourth-order valence-corrected chi connectivity index (χ4v) is 5.45. The van der Waals surface area contributed by atoms with E-state index in [9.17, 15) is 5.11 Å². The molecule has 3 aliphatic rings. The second-order valence-corrected chi connectivity index (χ2v) is 9.46. The SMILES string of the molecule is CC(C)[C@]1(C(O)N2COc3ccc(Cl)cc3C2)CC[C@@H](NC2CCOCC2)C1. The molecule has 1 aromatic carbocycles. The number of fused-ring (bicyclic) bond motifs is 1. The van der Waals surface area contributed by atoms with Crippen molar-refractivity contribution >= 4 is 11.6 Å². The number of aliphatic hydroxyl groups excluding tert-OH is 1. The summed E-state index contributed by atoms with van der Waals surface area (Å²) in [7, 11) is 0. The quantitative estimate of drug-likeness (QED) is 0.776. The molecule has 1 aliphatic carbocycles. The Labute approximate surface area is 173 Å². The van der Waals surface area contributed by atoms with E-state index in [0.717, 1.165) is 56.6 Å². The number of ether oxygens (including phenoxy) is 2. The summed E-state index contributed by atoms with van der Waals surface area (Å²) in [5, 5.41) is 16.0. The van der Waals surface area contributed by atoms with Crippen molar-refractivity contribution in [3.63, 3.8) is 0 Å². The van der Waals surface area contributed by atoms with Crippen molar-refractivity contribution in [1.82, 2.24) is 10.2 Å². The molecule has 1 unspecified atom stereocenters. The summed E-state index contributed by atoms with van der Waals surface area (Å²) in [6.45, 7) is 7.29. The van der Waals surface area contributed by atoms with Gasteiger partial charge in [-0.1, -0.05) is 25.4 Å². The van der Waals surface area contributed by atoms with Crippen LogP contribution in [-0.4, -0.2) is 48.3 Å². The van der Waals surface area contributed by atoms with Crippen LogP contribution < -0.4 is 10.1 Å². The zero-order valence-electron chi connectivity index (χ0n) is 17.0. The third-order valence-electron chi connectivity index (χ3n) is 7.07. The molecule has 2 heterocycles. The van der Waals surface area contributed by atoms with Gasteiger partial charge in [0.05, 0.1) is 0 Å². The number of halogens is 1. The maximum Gasteiger partial charge on any atom is 0.144 e. The standard InChI is InChI=1S/C22H33ClN2O3/c1-15(2)22(8-5-19(12-22)24-18-6-9-27-10-7-18)21(26)25-13-16-11-17(23)3-4-20(16)28-14-25/h3-4,11,15,18-19,21,24,26H,5-10,12-14H2,1-2H3/t19-,21?,22+/m1/s1. The molecule has 1 saturated carbocycles. The van der Waals surface area contributed by atoms with Gasteiger partial charge < -0.3 is 19.9 Å². The van der Waals surface area contributed by atoms with Gasteiger partial charge in [-0.2, -0.15) is 0 Å². The van der Waals surface area contributed by atoms with E-state index in [1.165, 1.54) is 0 Å². The summed E-state index contributed by atoms with van der Waals surface area (Å²) in [6.07, 6.45) is 4.80. The van der Waals surface area contributed by atoms with Crippen LogP contribution in [0.1, 0.15) is 51.5 Å². The van der Waals surface area contributed by atoms with Gasteiger partial charge in [0.15, 0.2) is 0 Å². The number of hydrogen-bond acceptors (Lipinski definition) is 5. The van der Waals surface area contributed by atoms with Gasteiger partial charge in [-0.3, -0.25) is 0 Å². The monoisotopic (exact) mass is 408 g/mol. The molecule has 5 nitrogen and oxygen atoms in total. The van der Waals surface area contributed by atoms with Gasteiger partial charge in [-0.05, 0) is 56.2 Å². The molecule has 156 valence electrons. The molecule has 0 spiro atoms. The van der Waals surface area contributed by atoms with Gasteiger partial charge in [0.1, 0.15) is 18.7 Å². The molecule has 28 heavy (non-hydrogen) atoms. The van der Waals surface area contributed by atoms with E-state index in [2.05, 4.69) is 24.1 Å². The molecule has 0 amide bonds. The number of nitrogens with one attached hydrogen (secondary N) is 1. The zero-order chi connectivity index (χ0) is 19.7. The highest BCUT2D eigenvalue weighted by molar-refractivity contribution is 6.30. The summed E-state index contributed by atoms with van der Waals surface area (Å²) < 4.78 is 11.4. The van der Waals surface area contributed by atoms with Crippen LogP contribution in [0.3, 0.4) is 0 Å². The van der Waals surface area contributed by atoms with Crippen LogP contribution in [0.5, 0.6) is 5.75 Å². The average Bonchev–Trinajstić information content (AvgIpc) is 3.13. The second-order valence-electron chi connectivity index (χ2n) is 9.03. The van der Waals surface area contributed by atoms with Crippen LogP contribution >= 0.6 is 11.6 Å². The number of benzene rings is 1. The number of aliphatic hydroxyl groups is 1. The van der Waals surface area contributed by atoms with Gasteiger partial charge in [-0.25, -0.2) is 4.90 Å². The lowest BCUT2D eigenvalue weighted by molar-refractivity contribution is -0.142. The normalized spacial score (nSPS) is 30.2. The predicted octanol–water partition coefficient (Wildman–Crippen LogP) is 3.77. The largest absolute Gasteiger partial charge is 0.478 e. The molecule has 0 aromatic heterocycles. The molecule has 1 aromatic rings. The summed E-state index contributed by atoms with van der Waals surface area (Å²) in [4.78, 5) is 2.06. The van der Waals surface area contributed by atoms with E-state index >= 15 is 0 Å². The second kappa shape index (κ2) is 8.49. The predicted molar refractivity (Wildman–Crippen MR) is 110 cm³/mol. The molecule has 2 aliphatic heterocycles. The van der Waals surface area contributed by atoms with Crippen LogP contribution in [0.15, 0.2) is 18.2 Å². The fourth-order valence-electron chi connectivity index (χ4n) is 5.25.